The van der Waals surface area contributed by atoms with E-state index in [1.807, 2.05) is 42.5 Å². The summed E-state index contributed by atoms with van der Waals surface area (Å²) >= 11 is 8.03. The van der Waals surface area contributed by atoms with Crippen LogP contribution in [0.3, 0.4) is 0 Å². The molecule has 33 heavy (non-hydrogen) atoms. The fraction of sp³-hybridized carbons (Fsp3) is 0.208. The maximum Gasteiger partial charge on any atom is 0.151 e. The maximum absolute atomic E-state index is 6.45. The van der Waals surface area contributed by atoms with E-state index in [1.54, 1.807) is 23.9 Å². The van der Waals surface area contributed by atoms with Crippen molar-refractivity contribution >= 4 is 57.1 Å². The van der Waals surface area contributed by atoms with Crippen molar-refractivity contribution in [2.75, 3.05) is 11.9 Å². The van der Waals surface area contributed by atoms with Crippen LogP contribution >= 0.6 is 35.3 Å². The summed E-state index contributed by atoms with van der Waals surface area (Å²) in [7, 11) is 0. The van der Waals surface area contributed by atoms with E-state index >= 15 is 0 Å². The number of fused-ring (bicyclic) bond motifs is 1. The summed E-state index contributed by atoms with van der Waals surface area (Å²) < 4.78 is 6.77. The number of nitrogens with one attached hydrogen (secondary N) is 2. The third-order valence-corrected chi connectivity index (χ3v) is 6.38. The van der Waals surface area contributed by atoms with Gasteiger partial charge in [0.05, 0.1) is 31.9 Å². The molecule has 0 aliphatic carbocycles. The molecule has 0 spiro atoms. The molecule has 0 radical (unpaired) electrons. The Balaban J connectivity index is 0.00000259. The maximum atomic E-state index is 6.45. The van der Waals surface area contributed by atoms with E-state index in [2.05, 4.69) is 37.4 Å². The zero-order chi connectivity index (χ0) is 21.8. The van der Waals surface area contributed by atoms with Gasteiger partial charge in [-0.15, -0.1) is 23.7 Å². The van der Waals surface area contributed by atoms with Gasteiger partial charge in [-0.3, -0.25) is 4.98 Å². The summed E-state index contributed by atoms with van der Waals surface area (Å²) in [5.41, 5.74) is 2.53. The number of ether oxygens (including phenoxy) is 1. The number of hydrogen-bond donors (Lipinski definition) is 2. The summed E-state index contributed by atoms with van der Waals surface area (Å²) in [6, 6.07) is 13.6. The number of nitrogens with zero attached hydrogens (tertiary/aromatic N) is 3. The average molecular weight is 498 g/mol. The normalized spacial score (nSPS) is 14.9. The van der Waals surface area contributed by atoms with Crippen molar-refractivity contribution in [2.45, 2.75) is 25.5 Å². The van der Waals surface area contributed by atoms with Crippen LogP contribution in [0.15, 0.2) is 55.0 Å². The topological polar surface area (TPSA) is 72.0 Å². The zero-order valence-electron chi connectivity index (χ0n) is 17.5. The van der Waals surface area contributed by atoms with Gasteiger partial charge in [0, 0.05) is 11.9 Å². The first-order valence-corrected chi connectivity index (χ1v) is 11.5. The summed E-state index contributed by atoms with van der Waals surface area (Å²) in [4.78, 5) is 14.1. The molecule has 0 bridgehead atoms. The molecule has 168 valence electrons. The Morgan fingerprint density at radius 1 is 1.18 bits per heavy atom. The minimum Gasteiger partial charge on any atom is -0.486 e. The summed E-state index contributed by atoms with van der Waals surface area (Å²) in [5, 5.41) is 7.25. The first-order valence-electron chi connectivity index (χ1n) is 10.3. The predicted molar refractivity (Wildman–Crippen MR) is 136 cm³/mol. The standard InChI is InChI=1S/C24H20ClN5OS.ClH/c25-20-12-17(7-9-22(20)31-14-18-4-1-2-10-27-18)30-24-23-21(28-15-29-24)13-19(32-23)8-6-16-5-3-11-26-16;/h1-2,4,7,9-10,12-13,15-16,26H,3,5,11,14H2,(H,28,29,30);1H/t16-;/m1./s1. The van der Waals surface area contributed by atoms with E-state index < -0.39 is 0 Å². The van der Waals surface area contributed by atoms with Gasteiger partial charge in [0.2, 0.25) is 0 Å². The molecular weight excluding hydrogens is 477 g/mol. The molecule has 0 saturated carbocycles. The van der Waals surface area contributed by atoms with Crippen LogP contribution in [-0.2, 0) is 6.61 Å². The predicted octanol–water partition coefficient (Wildman–Crippen LogP) is 5.59. The highest BCUT2D eigenvalue weighted by Gasteiger charge is 2.12. The quantitative estimate of drug-likeness (QED) is 0.350. The number of anilines is 2. The lowest BCUT2D eigenvalue weighted by Crippen LogP contribution is -2.18. The van der Waals surface area contributed by atoms with Gasteiger partial charge in [-0.05, 0) is 55.8 Å². The summed E-state index contributed by atoms with van der Waals surface area (Å²) in [6.45, 7) is 1.40. The minimum atomic E-state index is 0. The average Bonchev–Trinajstić information content (AvgIpc) is 3.48. The molecule has 9 heteroatoms. The van der Waals surface area contributed by atoms with Crippen molar-refractivity contribution in [2.24, 2.45) is 0 Å². The first kappa shape index (κ1) is 23.3. The second-order valence-corrected chi connectivity index (χ2v) is 8.80. The van der Waals surface area contributed by atoms with E-state index in [9.17, 15) is 0 Å². The lowest BCUT2D eigenvalue weighted by Gasteiger charge is -2.11. The molecule has 1 aliphatic heterocycles. The van der Waals surface area contributed by atoms with Crippen molar-refractivity contribution in [1.29, 1.82) is 0 Å². The van der Waals surface area contributed by atoms with Crippen molar-refractivity contribution in [3.8, 4) is 17.6 Å². The number of rotatable bonds is 5. The Morgan fingerprint density at radius 3 is 2.91 bits per heavy atom. The van der Waals surface area contributed by atoms with Gasteiger partial charge < -0.3 is 15.4 Å². The van der Waals surface area contributed by atoms with Crippen molar-refractivity contribution in [3.05, 3.63) is 70.6 Å². The van der Waals surface area contributed by atoms with Gasteiger partial charge in [0.1, 0.15) is 18.7 Å². The van der Waals surface area contributed by atoms with Gasteiger partial charge in [-0.2, -0.15) is 0 Å². The Labute approximate surface area is 207 Å². The molecule has 5 rings (SSSR count). The highest BCUT2D eigenvalue weighted by atomic mass is 35.5. The second-order valence-electron chi connectivity index (χ2n) is 7.35. The van der Waals surface area contributed by atoms with E-state index in [0.29, 0.717) is 17.4 Å². The van der Waals surface area contributed by atoms with Crippen LogP contribution in [0, 0.1) is 11.8 Å². The molecule has 1 saturated heterocycles. The van der Waals surface area contributed by atoms with Crippen molar-refractivity contribution in [1.82, 2.24) is 20.3 Å². The van der Waals surface area contributed by atoms with Crippen molar-refractivity contribution in [3.63, 3.8) is 0 Å². The SMILES string of the molecule is Cl.Clc1cc(Nc2ncnc3cc(C#C[C@H]4CCCN4)sc23)ccc1OCc1ccccn1. The fourth-order valence-corrected chi connectivity index (χ4v) is 4.59. The molecule has 4 aromatic rings. The first-order chi connectivity index (χ1) is 15.7. The minimum absolute atomic E-state index is 0. The number of pyridine rings is 1. The van der Waals surface area contributed by atoms with Crippen LogP contribution in [0.1, 0.15) is 23.4 Å². The lowest BCUT2D eigenvalue weighted by molar-refractivity contribution is 0.301. The van der Waals surface area contributed by atoms with Crippen molar-refractivity contribution < 1.29 is 4.74 Å². The molecule has 1 aromatic carbocycles. The van der Waals surface area contributed by atoms with Gasteiger partial charge in [0.25, 0.3) is 0 Å². The highest BCUT2D eigenvalue weighted by Crippen LogP contribution is 2.33. The third kappa shape index (κ3) is 5.73. The van der Waals surface area contributed by atoms with Gasteiger partial charge >= 0.3 is 0 Å². The molecular formula is C24H21Cl2N5OS. The molecule has 4 heterocycles. The van der Waals surface area contributed by atoms with E-state index in [4.69, 9.17) is 16.3 Å². The smallest absolute Gasteiger partial charge is 0.151 e. The molecule has 3 aromatic heterocycles. The highest BCUT2D eigenvalue weighted by molar-refractivity contribution is 7.20. The van der Waals surface area contributed by atoms with Gasteiger partial charge in [0.15, 0.2) is 5.82 Å². The van der Waals surface area contributed by atoms with Crippen LogP contribution in [0.25, 0.3) is 10.2 Å². The van der Waals surface area contributed by atoms with E-state index in [-0.39, 0.29) is 18.4 Å². The number of benzene rings is 1. The number of halogens is 2. The van der Waals surface area contributed by atoms with Crippen LogP contribution < -0.4 is 15.4 Å². The Bertz CT molecular complexity index is 1300. The number of thiophene rings is 1. The molecule has 0 unspecified atom stereocenters. The lowest BCUT2D eigenvalue weighted by atomic mass is 10.2. The van der Waals surface area contributed by atoms with E-state index in [1.165, 1.54) is 6.42 Å². The number of aromatic nitrogens is 3. The van der Waals surface area contributed by atoms with Crippen LogP contribution in [-0.4, -0.2) is 27.5 Å². The summed E-state index contributed by atoms with van der Waals surface area (Å²) in [5.74, 6) is 7.92. The van der Waals surface area contributed by atoms with Crippen LogP contribution in [0.2, 0.25) is 5.02 Å². The van der Waals surface area contributed by atoms with Gasteiger partial charge in [-0.25, -0.2) is 9.97 Å². The molecule has 1 atom stereocenters. The Morgan fingerprint density at radius 2 is 2.12 bits per heavy atom. The Hall–Kier alpha value is -2.89. The molecule has 2 N–H and O–H groups in total. The zero-order valence-corrected chi connectivity index (χ0v) is 19.9. The monoisotopic (exact) mass is 497 g/mol. The molecule has 1 aliphatic rings. The second kappa shape index (κ2) is 10.8. The van der Waals surface area contributed by atoms with Gasteiger partial charge in [-0.1, -0.05) is 29.5 Å². The van der Waals surface area contributed by atoms with Crippen LogP contribution in [0.4, 0.5) is 11.5 Å². The molecule has 0 amide bonds. The Kier molecular flexibility index (Phi) is 7.63. The fourth-order valence-electron chi connectivity index (χ4n) is 3.44. The van der Waals surface area contributed by atoms with Crippen LogP contribution in [0.5, 0.6) is 5.75 Å². The largest absolute Gasteiger partial charge is 0.486 e. The summed E-state index contributed by atoms with van der Waals surface area (Å²) in [6.07, 6.45) is 5.58. The molecule has 1 fully saturated rings. The number of hydrogen-bond acceptors (Lipinski definition) is 7. The molecule has 6 nitrogen and oxygen atoms in total. The van der Waals surface area contributed by atoms with E-state index in [0.717, 1.165) is 45.3 Å². The third-order valence-electron chi connectivity index (χ3n) is 5.04.